The molecular formula is C14H18FNO2. The van der Waals surface area contributed by atoms with E-state index in [9.17, 15) is 9.18 Å². The van der Waals surface area contributed by atoms with Crippen molar-refractivity contribution in [1.82, 2.24) is 4.90 Å². The Kier molecular flexibility index (Phi) is 3.97. The fourth-order valence-electron chi connectivity index (χ4n) is 2.14. The first kappa shape index (κ1) is 13.0. The fraction of sp³-hybridized carbons (Fsp3) is 0.500. The Balaban J connectivity index is 2.02. The van der Waals surface area contributed by atoms with Crippen molar-refractivity contribution in [3.63, 3.8) is 0 Å². The third-order valence-corrected chi connectivity index (χ3v) is 3.32. The summed E-state index contributed by atoms with van der Waals surface area (Å²) in [6.07, 6.45) is 0.986. The summed E-state index contributed by atoms with van der Waals surface area (Å²) in [4.78, 5) is 13.8. The molecule has 18 heavy (non-hydrogen) atoms. The van der Waals surface area contributed by atoms with Crippen LogP contribution in [0.25, 0.3) is 0 Å². The van der Waals surface area contributed by atoms with E-state index < -0.39 is 0 Å². The van der Waals surface area contributed by atoms with Crippen molar-refractivity contribution in [2.75, 3.05) is 26.8 Å². The van der Waals surface area contributed by atoms with Gasteiger partial charge in [-0.2, -0.15) is 0 Å². The van der Waals surface area contributed by atoms with Crippen molar-refractivity contribution in [2.45, 2.75) is 13.3 Å². The summed E-state index contributed by atoms with van der Waals surface area (Å²) in [5.41, 5.74) is 0.956. The predicted molar refractivity (Wildman–Crippen MR) is 67.0 cm³/mol. The molecule has 1 heterocycles. The zero-order chi connectivity index (χ0) is 13.1. The third-order valence-electron chi connectivity index (χ3n) is 3.32. The average molecular weight is 251 g/mol. The van der Waals surface area contributed by atoms with Crippen molar-refractivity contribution in [3.8, 4) is 0 Å². The van der Waals surface area contributed by atoms with E-state index in [1.807, 2.05) is 0 Å². The standard InChI is InChI=1S/C14H18FNO2/c1-10-3-4-12(7-13(10)15)14(17)16(2)8-11-5-6-18-9-11/h3-4,7,11H,5-6,8-9H2,1-2H3. The molecule has 1 aromatic rings. The van der Waals surface area contributed by atoms with Gasteiger partial charge in [0.1, 0.15) is 5.82 Å². The van der Waals surface area contributed by atoms with Crippen molar-refractivity contribution < 1.29 is 13.9 Å². The highest BCUT2D eigenvalue weighted by Crippen LogP contribution is 2.16. The van der Waals surface area contributed by atoms with Gasteiger partial charge in [0.2, 0.25) is 0 Å². The molecule has 1 aliphatic rings. The fourth-order valence-corrected chi connectivity index (χ4v) is 2.14. The van der Waals surface area contributed by atoms with Crippen LogP contribution in [-0.2, 0) is 4.74 Å². The summed E-state index contributed by atoms with van der Waals surface area (Å²) in [6, 6.07) is 4.61. The lowest BCUT2D eigenvalue weighted by molar-refractivity contribution is 0.0765. The van der Waals surface area contributed by atoms with Crippen LogP contribution in [-0.4, -0.2) is 37.6 Å². The third kappa shape index (κ3) is 2.88. The number of aryl methyl sites for hydroxylation is 1. The molecule has 4 heteroatoms. The largest absolute Gasteiger partial charge is 0.381 e. The minimum Gasteiger partial charge on any atom is -0.381 e. The molecule has 0 saturated carbocycles. The van der Waals surface area contributed by atoms with Crippen LogP contribution < -0.4 is 0 Å². The number of carbonyl (C=O) groups excluding carboxylic acids is 1. The van der Waals surface area contributed by atoms with Crippen molar-refractivity contribution in [3.05, 3.63) is 35.1 Å². The van der Waals surface area contributed by atoms with Gasteiger partial charge in [-0.1, -0.05) is 6.07 Å². The lowest BCUT2D eigenvalue weighted by atomic mass is 10.1. The molecular weight excluding hydrogens is 233 g/mol. The smallest absolute Gasteiger partial charge is 0.253 e. The quantitative estimate of drug-likeness (QED) is 0.824. The van der Waals surface area contributed by atoms with Crippen LogP contribution in [0.3, 0.4) is 0 Å². The molecule has 1 fully saturated rings. The Morgan fingerprint density at radius 3 is 2.94 bits per heavy atom. The van der Waals surface area contributed by atoms with Gasteiger partial charge in [0, 0.05) is 31.7 Å². The van der Waals surface area contributed by atoms with Gasteiger partial charge in [-0.05, 0) is 31.0 Å². The van der Waals surface area contributed by atoms with Gasteiger partial charge >= 0.3 is 0 Å². The highest BCUT2D eigenvalue weighted by Gasteiger charge is 2.21. The van der Waals surface area contributed by atoms with Gasteiger partial charge in [-0.3, -0.25) is 4.79 Å². The van der Waals surface area contributed by atoms with Gasteiger partial charge in [0.15, 0.2) is 0 Å². The molecule has 0 spiro atoms. The molecule has 1 amide bonds. The molecule has 1 unspecified atom stereocenters. The maximum absolute atomic E-state index is 13.4. The van der Waals surface area contributed by atoms with Crippen LogP contribution in [0.2, 0.25) is 0 Å². The van der Waals surface area contributed by atoms with Crippen LogP contribution in [0.4, 0.5) is 4.39 Å². The number of amides is 1. The second kappa shape index (κ2) is 5.48. The van der Waals surface area contributed by atoms with E-state index in [1.165, 1.54) is 6.07 Å². The van der Waals surface area contributed by atoms with Crippen LogP contribution in [0.15, 0.2) is 18.2 Å². The van der Waals surface area contributed by atoms with Gasteiger partial charge < -0.3 is 9.64 Å². The first-order chi connectivity index (χ1) is 8.58. The minimum atomic E-state index is -0.335. The monoisotopic (exact) mass is 251 g/mol. The first-order valence-corrected chi connectivity index (χ1v) is 6.17. The zero-order valence-electron chi connectivity index (χ0n) is 10.8. The molecule has 0 bridgehead atoms. The van der Waals surface area contributed by atoms with E-state index in [-0.39, 0.29) is 11.7 Å². The SMILES string of the molecule is Cc1ccc(C(=O)N(C)CC2CCOC2)cc1F. The van der Waals surface area contributed by atoms with E-state index in [1.54, 1.807) is 31.0 Å². The molecule has 1 aliphatic heterocycles. The molecule has 0 radical (unpaired) electrons. The van der Waals surface area contributed by atoms with E-state index in [4.69, 9.17) is 4.74 Å². The van der Waals surface area contributed by atoms with Crippen molar-refractivity contribution in [2.24, 2.45) is 5.92 Å². The van der Waals surface area contributed by atoms with Gasteiger partial charge in [-0.25, -0.2) is 4.39 Å². The van der Waals surface area contributed by atoms with E-state index >= 15 is 0 Å². The lowest BCUT2D eigenvalue weighted by Crippen LogP contribution is -2.32. The number of carbonyl (C=O) groups is 1. The first-order valence-electron chi connectivity index (χ1n) is 6.17. The highest BCUT2D eigenvalue weighted by atomic mass is 19.1. The number of benzene rings is 1. The zero-order valence-corrected chi connectivity index (χ0v) is 10.8. The van der Waals surface area contributed by atoms with Crippen molar-refractivity contribution in [1.29, 1.82) is 0 Å². The Morgan fingerprint density at radius 2 is 2.33 bits per heavy atom. The molecule has 3 nitrogen and oxygen atoms in total. The van der Waals surface area contributed by atoms with Crippen LogP contribution in [0.1, 0.15) is 22.3 Å². The topological polar surface area (TPSA) is 29.5 Å². The van der Waals surface area contributed by atoms with Gasteiger partial charge in [-0.15, -0.1) is 0 Å². The molecule has 1 saturated heterocycles. The maximum atomic E-state index is 13.4. The Hall–Kier alpha value is -1.42. The molecule has 98 valence electrons. The Morgan fingerprint density at radius 1 is 1.56 bits per heavy atom. The number of halogens is 1. The van der Waals surface area contributed by atoms with Crippen molar-refractivity contribution >= 4 is 5.91 Å². The number of ether oxygens (including phenoxy) is 1. The molecule has 1 aromatic carbocycles. The lowest BCUT2D eigenvalue weighted by Gasteiger charge is -2.20. The Bertz CT molecular complexity index is 441. The molecule has 2 rings (SSSR count). The predicted octanol–water partition coefficient (Wildman–Crippen LogP) is 2.24. The molecule has 0 aromatic heterocycles. The van der Waals surface area contributed by atoms with Crippen LogP contribution in [0.5, 0.6) is 0 Å². The average Bonchev–Trinajstić information content (AvgIpc) is 2.84. The van der Waals surface area contributed by atoms with Gasteiger partial charge in [0.25, 0.3) is 5.91 Å². The summed E-state index contributed by atoms with van der Waals surface area (Å²) >= 11 is 0. The van der Waals surface area contributed by atoms with E-state index in [0.29, 0.717) is 30.2 Å². The van der Waals surface area contributed by atoms with Crippen LogP contribution >= 0.6 is 0 Å². The number of hydrogen-bond acceptors (Lipinski definition) is 2. The molecule has 0 N–H and O–H groups in total. The Labute approximate surface area is 107 Å². The van der Waals surface area contributed by atoms with E-state index in [2.05, 4.69) is 0 Å². The molecule has 1 atom stereocenters. The summed E-state index contributed by atoms with van der Waals surface area (Å²) in [5, 5.41) is 0. The second-order valence-electron chi connectivity index (χ2n) is 4.88. The van der Waals surface area contributed by atoms with Gasteiger partial charge in [0.05, 0.1) is 6.61 Å². The minimum absolute atomic E-state index is 0.138. The number of hydrogen-bond donors (Lipinski definition) is 0. The van der Waals surface area contributed by atoms with Crippen LogP contribution in [0, 0.1) is 18.7 Å². The second-order valence-corrected chi connectivity index (χ2v) is 4.88. The maximum Gasteiger partial charge on any atom is 0.253 e. The summed E-state index contributed by atoms with van der Waals surface area (Å²) < 4.78 is 18.7. The summed E-state index contributed by atoms with van der Waals surface area (Å²) in [6.45, 7) is 3.82. The summed E-state index contributed by atoms with van der Waals surface area (Å²) in [7, 11) is 1.75. The normalized spacial score (nSPS) is 18.9. The number of nitrogens with zero attached hydrogens (tertiary/aromatic N) is 1. The highest BCUT2D eigenvalue weighted by molar-refractivity contribution is 5.94. The summed E-state index contributed by atoms with van der Waals surface area (Å²) in [5.74, 6) is -0.0755. The number of rotatable bonds is 3. The molecule has 0 aliphatic carbocycles. The van der Waals surface area contributed by atoms with E-state index in [0.717, 1.165) is 13.0 Å².